The number of hydrogen-bond acceptors (Lipinski definition) is 3. The third kappa shape index (κ3) is 2.23. The largest absolute Gasteiger partial charge is 0.310 e. The smallest absolute Gasteiger partial charge is 0.143 e. The van der Waals surface area contributed by atoms with Gasteiger partial charge in [-0.1, -0.05) is 6.07 Å². The summed E-state index contributed by atoms with van der Waals surface area (Å²) in [6.07, 6.45) is 3.30. The lowest BCUT2D eigenvalue weighted by Gasteiger charge is -2.25. The molecule has 0 aliphatic heterocycles. The van der Waals surface area contributed by atoms with E-state index in [1.54, 1.807) is 29.2 Å². The Bertz CT molecular complexity index is 637. The van der Waals surface area contributed by atoms with Gasteiger partial charge in [-0.25, -0.2) is 9.37 Å². The number of halogens is 1. The second-order valence-corrected chi connectivity index (χ2v) is 4.77. The fourth-order valence-corrected chi connectivity index (χ4v) is 1.90. The Balaban J connectivity index is 2.66. The fourth-order valence-electron chi connectivity index (χ4n) is 1.90. The number of hydrogen-bond donors (Lipinski definition) is 1. The number of nitrogens with one attached hydrogen (secondary N) is 1. The highest BCUT2D eigenvalue weighted by atomic mass is 19.1. The van der Waals surface area contributed by atoms with E-state index < -0.39 is 5.82 Å². The van der Waals surface area contributed by atoms with Gasteiger partial charge in [0.05, 0.1) is 29.4 Å². The summed E-state index contributed by atoms with van der Waals surface area (Å²) in [4.78, 5) is 4.11. The minimum absolute atomic E-state index is 0.0219. The predicted molar refractivity (Wildman–Crippen MR) is 70.3 cm³/mol. The molecule has 0 aliphatic carbocycles. The van der Waals surface area contributed by atoms with Crippen LogP contribution in [0.5, 0.6) is 0 Å². The molecule has 0 radical (unpaired) electrons. The van der Waals surface area contributed by atoms with Crippen LogP contribution in [0.25, 0.3) is 5.69 Å². The van der Waals surface area contributed by atoms with E-state index in [0.29, 0.717) is 5.69 Å². The summed E-state index contributed by atoms with van der Waals surface area (Å²) in [5.74, 6) is -0.526. The standard InChI is InChI=1S/C14H15FN4/c1-14(2,17-3)13-8-18-9-19(13)12-6-4-5-11(15)10(12)7-16/h4-6,8-9,17H,1-3H3. The summed E-state index contributed by atoms with van der Waals surface area (Å²) in [6, 6.07) is 6.48. The van der Waals surface area contributed by atoms with Crippen LogP contribution in [0, 0.1) is 17.1 Å². The molecule has 1 heterocycles. The molecule has 0 aliphatic rings. The number of benzene rings is 1. The molecule has 0 spiro atoms. The van der Waals surface area contributed by atoms with Crippen molar-refractivity contribution in [1.82, 2.24) is 14.9 Å². The summed E-state index contributed by atoms with van der Waals surface area (Å²) in [6.45, 7) is 3.98. The first kappa shape index (κ1) is 13.2. The quantitative estimate of drug-likeness (QED) is 0.919. The number of imidazole rings is 1. The number of rotatable bonds is 3. The first-order valence-corrected chi connectivity index (χ1v) is 5.92. The maximum atomic E-state index is 13.7. The zero-order valence-electron chi connectivity index (χ0n) is 11.1. The summed E-state index contributed by atoms with van der Waals surface area (Å²) in [7, 11) is 1.84. The Hall–Kier alpha value is -2.19. The van der Waals surface area contributed by atoms with E-state index in [1.807, 2.05) is 27.0 Å². The maximum absolute atomic E-state index is 13.7. The molecule has 1 N–H and O–H groups in total. The Morgan fingerprint density at radius 3 is 2.79 bits per heavy atom. The maximum Gasteiger partial charge on any atom is 0.143 e. The highest BCUT2D eigenvalue weighted by Crippen LogP contribution is 2.25. The van der Waals surface area contributed by atoms with Gasteiger partial charge < -0.3 is 5.32 Å². The van der Waals surface area contributed by atoms with Crippen molar-refractivity contribution in [1.29, 1.82) is 5.26 Å². The number of nitrogens with zero attached hydrogens (tertiary/aromatic N) is 3. The molecule has 19 heavy (non-hydrogen) atoms. The molecule has 98 valence electrons. The van der Waals surface area contributed by atoms with Crippen molar-refractivity contribution in [2.24, 2.45) is 0 Å². The average molecular weight is 258 g/mol. The van der Waals surface area contributed by atoms with Gasteiger partial charge in [-0.15, -0.1) is 0 Å². The molecule has 1 aromatic heterocycles. The van der Waals surface area contributed by atoms with Gasteiger partial charge in [0.2, 0.25) is 0 Å². The van der Waals surface area contributed by atoms with Crippen LogP contribution in [0.2, 0.25) is 0 Å². The molecule has 1 aromatic carbocycles. The lowest BCUT2D eigenvalue weighted by Crippen LogP contribution is -2.35. The van der Waals surface area contributed by atoms with Crippen LogP contribution >= 0.6 is 0 Å². The second-order valence-electron chi connectivity index (χ2n) is 4.77. The molecule has 0 fully saturated rings. The summed E-state index contributed by atoms with van der Waals surface area (Å²) in [5, 5.41) is 12.3. The van der Waals surface area contributed by atoms with E-state index in [1.165, 1.54) is 6.07 Å². The molecule has 0 amide bonds. The molecule has 0 bridgehead atoms. The van der Waals surface area contributed by atoms with Gasteiger partial charge in [-0.2, -0.15) is 5.26 Å². The molecular weight excluding hydrogens is 243 g/mol. The highest BCUT2D eigenvalue weighted by Gasteiger charge is 2.24. The van der Waals surface area contributed by atoms with Gasteiger partial charge in [0.15, 0.2) is 0 Å². The van der Waals surface area contributed by atoms with Crippen LogP contribution in [-0.2, 0) is 5.54 Å². The first-order chi connectivity index (χ1) is 9.01. The van der Waals surface area contributed by atoms with E-state index in [-0.39, 0.29) is 11.1 Å². The summed E-state index contributed by atoms with van der Waals surface area (Å²) >= 11 is 0. The molecule has 0 atom stereocenters. The SMILES string of the molecule is CNC(C)(C)c1cncn1-c1cccc(F)c1C#N. The summed E-state index contributed by atoms with van der Waals surface area (Å²) in [5.41, 5.74) is 1.04. The normalized spacial score (nSPS) is 11.3. The van der Waals surface area contributed by atoms with E-state index in [0.717, 1.165) is 5.69 Å². The average Bonchev–Trinajstić information content (AvgIpc) is 2.88. The van der Waals surface area contributed by atoms with Crippen LogP contribution < -0.4 is 5.32 Å². The molecule has 0 unspecified atom stereocenters. The van der Waals surface area contributed by atoms with Gasteiger partial charge in [0.25, 0.3) is 0 Å². The Morgan fingerprint density at radius 1 is 1.42 bits per heavy atom. The van der Waals surface area contributed by atoms with Crippen molar-refractivity contribution < 1.29 is 4.39 Å². The Morgan fingerprint density at radius 2 is 2.16 bits per heavy atom. The minimum Gasteiger partial charge on any atom is -0.310 e. The molecule has 0 saturated heterocycles. The monoisotopic (exact) mass is 258 g/mol. The van der Waals surface area contributed by atoms with Crippen molar-refractivity contribution in [2.75, 3.05) is 7.05 Å². The van der Waals surface area contributed by atoms with E-state index >= 15 is 0 Å². The lowest BCUT2D eigenvalue weighted by molar-refractivity contribution is 0.424. The molecule has 2 aromatic rings. The van der Waals surface area contributed by atoms with E-state index in [2.05, 4.69) is 10.3 Å². The van der Waals surface area contributed by atoms with Gasteiger partial charge >= 0.3 is 0 Å². The van der Waals surface area contributed by atoms with Crippen LogP contribution in [0.3, 0.4) is 0 Å². The molecule has 5 heteroatoms. The lowest BCUT2D eigenvalue weighted by atomic mass is 10.0. The third-order valence-corrected chi connectivity index (χ3v) is 3.27. The topological polar surface area (TPSA) is 53.6 Å². The Kier molecular flexibility index (Phi) is 3.36. The van der Waals surface area contributed by atoms with E-state index in [9.17, 15) is 4.39 Å². The Labute approximate surface area is 111 Å². The predicted octanol–water partition coefficient (Wildman–Crippen LogP) is 2.34. The van der Waals surface area contributed by atoms with Crippen molar-refractivity contribution in [3.05, 3.63) is 47.8 Å². The first-order valence-electron chi connectivity index (χ1n) is 5.92. The van der Waals surface area contributed by atoms with Crippen LogP contribution in [-0.4, -0.2) is 16.6 Å². The van der Waals surface area contributed by atoms with Gasteiger partial charge in [0, 0.05) is 0 Å². The third-order valence-electron chi connectivity index (χ3n) is 3.27. The van der Waals surface area contributed by atoms with Crippen LogP contribution in [0.1, 0.15) is 25.1 Å². The highest BCUT2D eigenvalue weighted by molar-refractivity contribution is 5.50. The number of nitriles is 1. The summed E-state index contributed by atoms with van der Waals surface area (Å²) < 4.78 is 15.4. The van der Waals surface area contributed by atoms with Gasteiger partial charge in [0.1, 0.15) is 17.4 Å². The zero-order valence-corrected chi connectivity index (χ0v) is 11.1. The van der Waals surface area contributed by atoms with Crippen molar-refractivity contribution >= 4 is 0 Å². The van der Waals surface area contributed by atoms with Crippen LogP contribution in [0.4, 0.5) is 4.39 Å². The van der Waals surface area contributed by atoms with Crippen molar-refractivity contribution in [2.45, 2.75) is 19.4 Å². The van der Waals surface area contributed by atoms with E-state index in [4.69, 9.17) is 5.26 Å². The zero-order chi connectivity index (χ0) is 14.0. The van der Waals surface area contributed by atoms with Gasteiger partial charge in [-0.05, 0) is 33.0 Å². The minimum atomic E-state index is -0.526. The molecule has 4 nitrogen and oxygen atoms in total. The number of aromatic nitrogens is 2. The van der Waals surface area contributed by atoms with Crippen molar-refractivity contribution in [3.63, 3.8) is 0 Å². The fraction of sp³-hybridized carbons (Fsp3) is 0.286. The molecule has 2 rings (SSSR count). The molecular formula is C14H15FN4. The second kappa shape index (κ2) is 4.82. The van der Waals surface area contributed by atoms with Gasteiger partial charge in [-0.3, -0.25) is 4.57 Å². The van der Waals surface area contributed by atoms with Crippen LogP contribution in [0.15, 0.2) is 30.7 Å². The van der Waals surface area contributed by atoms with Crippen molar-refractivity contribution in [3.8, 4) is 11.8 Å². The molecule has 0 saturated carbocycles.